The molecule has 0 saturated carbocycles. The van der Waals surface area contributed by atoms with Gasteiger partial charge in [0.2, 0.25) is 5.91 Å². The van der Waals surface area contributed by atoms with E-state index < -0.39 is 10.2 Å². The Hall–Kier alpha value is -3.11. The molecule has 3 rings (SSSR count). The first-order valence-corrected chi connectivity index (χ1v) is 10.6. The summed E-state index contributed by atoms with van der Waals surface area (Å²) in [7, 11) is 3.17. The number of nitro groups is 1. The van der Waals surface area contributed by atoms with Crippen molar-refractivity contribution in [3.8, 4) is 22.8 Å². The molecule has 0 aliphatic rings. The molecule has 1 heterocycles. The maximum atomic E-state index is 12.5. The van der Waals surface area contributed by atoms with E-state index in [1.807, 2.05) is 11.4 Å². The summed E-state index contributed by atoms with van der Waals surface area (Å²) in [5.41, 5.74) is 1.45. The van der Waals surface area contributed by atoms with Gasteiger partial charge in [-0.1, -0.05) is 0 Å². The van der Waals surface area contributed by atoms with Gasteiger partial charge in [0.05, 0.1) is 30.1 Å². The van der Waals surface area contributed by atoms with Crippen molar-refractivity contribution in [3.63, 3.8) is 0 Å². The third-order valence-electron chi connectivity index (χ3n) is 4.15. The minimum absolute atomic E-state index is 0.0136. The second-order valence-electron chi connectivity index (χ2n) is 6.10. The van der Waals surface area contributed by atoms with E-state index in [1.165, 1.54) is 35.2 Å². The molecule has 0 saturated heterocycles. The predicted molar refractivity (Wildman–Crippen MR) is 118 cm³/mol. The Morgan fingerprint density at radius 2 is 1.93 bits per heavy atom. The number of hydrogen-bond acceptors (Lipinski definition) is 8. The lowest BCUT2D eigenvalue weighted by Gasteiger charge is -2.10. The zero-order valence-electron chi connectivity index (χ0n) is 16.4. The average Bonchev–Trinajstić information content (AvgIpc) is 3.21. The highest BCUT2D eigenvalue weighted by Gasteiger charge is 2.18. The number of carbonyl (C=O) groups is 1. The highest BCUT2D eigenvalue weighted by atomic mass is 32.2. The van der Waals surface area contributed by atoms with Gasteiger partial charge in [0.25, 0.3) is 5.69 Å². The molecule has 1 unspecified atom stereocenters. The van der Waals surface area contributed by atoms with E-state index in [0.29, 0.717) is 22.3 Å². The van der Waals surface area contributed by atoms with Crippen LogP contribution in [0.3, 0.4) is 0 Å². The van der Waals surface area contributed by atoms with Crippen LogP contribution >= 0.6 is 23.1 Å². The van der Waals surface area contributed by atoms with Crippen molar-refractivity contribution in [3.05, 3.63) is 58.0 Å². The van der Waals surface area contributed by atoms with Gasteiger partial charge in [-0.15, -0.1) is 23.1 Å². The van der Waals surface area contributed by atoms with E-state index in [4.69, 9.17) is 9.47 Å². The molecule has 0 spiro atoms. The number of thioether (sulfide) groups is 1. The van der Waals surface area contributed by atoms with E-state index in [-0.39, 0.29) is 11.6 Å². The summed E-state index contributed by atoms with van der Waals surface area (Å²) >= 11 is 2.62. The summed E-state index contributed by atoms with van der Waals surface area (Å²) in [6, 6.07) is 11.5. The number of non-ortho nitro benzene ring substituents is 1. The molecule has 1 amide bonds. The molecule has 0 aliphatic carbocycles. The number of methoxy groups -OCH3 is 2. The fraction of sp³-hybridized carbons (Fsp3) is 0.200. The third kappa shape index (κ3) is 5.08. The van der Waals surface area contributed by atoms with Gasteiger partial charge in [-0.2, -0.15) is 0 Å². The Bertz CT molecular complexity index is 1050. The molecule has 0 fully saturated rings. The number of amides is 1. The molecule has 0 radical (unpaired) electrons. The number of aromatic nitrogens is 1. The van der Waals surface area contributed by atoms with Gasteiger partial charge >= 0.3 is 0 Å². The topological polar surface area (TPSA) is 104 Å². The molecule has 0 bridgehead atoms. The smallest absolute Gasteiger partial charge is 0.269 e. The van der Waals surface area contributed by atoms with Crippen molar-refractivity contribution in [2.45, 2.75) is 17.1 Å². The van der Waals surface area contributed by atoms with Gasteiger partial charge < -0.3 is 14.8 Å². The molecular formula is C20H19N3O5S2. The fourth-order valence-electron chi connectivity index (χ4n) is 2.58. The Labute approximate surface area is 181 Å². The van der Waals surface area contributed by atoms with Crippen LogP contribution in [0.2, 0.25) is 0 Å². The molecule has 1 atom stereocenters. The SMILES string of the molecule is COc1ccc(OC)c(-c2csc(NC(=O)C(C)Sc3ccc([N+](=O)[O-])cc3)n2)c1. The summed E-state index contributed by atoms with van der Waals surface area (Å²) < 4.78 is 10.7. The van der Waals surface area contributed by atoms with Crippen LogP contribution in [-0.4, -0.2) is 35.3 Å². The first kappa shape index (κ1) is 21.6. The standard InChI is InChI=1S/C20H19N3O5S2/c1-12(30-15-7-4-13(5-8-15)23(25)26)19(24)22-20-21-17(11-29-20)16-10-14(27-2)6-9-18(16)28-3/h4-12H,1-3H3,(H,21,22,24). The van der Waals surface area contributed by atoms with Crippen molar-refractivity contribution in [1.29, 1.82) is 0 Å². The molecule has 156 valence electrons. The zero-order chi connectivity index (χ0) is 21.7. The number of carbonyl (C=O) groups excluding carboxylic acids is 1. The molecule has 1 aromatic heterocycles. The van der Waals surface area contributed by atoms with Crippen LogP contribution < -0.4 is 14.8 Å². The van der Waals surface area contributed by atoms with Gasteiger partial charge in [0, 0.05) is 28.0 Å². The van der Waals surface area contributed by atoms with E-state index in [9.17, 15) is 14.9 Å². The lowest BCUT2D eigenvalue weighted by Crippen LogP contribution is -2.22. The summed E-state index contributed by atoms with van der Waals surface area (Å²) in [5, 5.41) is 15.4. The number of ether oxygens (including phenoxy) is 2. The normalized spacial score (nSPS) is 11.6. The van der Waals surface area contributed by atoms with Crippen molar-refractivity contribution in [2.75, 3.05) is 19.5 Å². The second kappa shape index (κ2) is 9.59. The van der Waals surface area contributed by atoms with Crippen LogP contribution in [0.1, 0.15) is 6.92 Å². The number of nitrogens with zero attached hydrogens (tertiary/aromatic N) is 2. The van der Waals surface area contributed by atoms with Crippen molar-refractivity contribution in [1.82, 2.24) is 4.98 Å². The van der Waals surface area contributed by atoms with Crippen LogP contribution in [0.25, 0.3) is 11.3 Å². The Kier molecular flexibility index (Phi) is 6.91. The van der Waals surface area contributed by atoms with Crippen LogP contribution in [0.5, 0.6) is 11.5 Å². The Balaban J connectivity index is 1.68. The molecule has 30 heavy (non-hydrogen) atoms. The Morgan fingerprint density at radius 1 is 1.20 bits per heavy atom. The van der Waals surface area contributed by atoms with Gasteiger partial charge in [-0.05, 0) is 37.3 Å². The monoisotopic (exact) mass is 445 g/mol. The van der Waals surface area contributed by atoms with Crippen molar-refractivity contribution < 1.29 is 19.2 Å². The maximum absolute atomic E-state index is 12.5. The van der Waals surface area contributed by atoms with Gasteiger partial charge in [-0.3, -0.25) is 14.9 Å². The first-order valence-electron chi connectivity index (χ1n) is 8.81. The minimum Gasteiger partial charge on any atom is -0.497 e. The summed E-state index contributed by atoms with van der Waals surface area (Å²) in [6.45, 7) is 1.76. The van der Waals surface area contributed by atoms with E-state index in [2.05, 4.69) is 10.3 Å². The number of thiazole rings is 1. The van der Waals surface area contributed by atoms with E-state index >= 15 is 0 Å². The van der Waals surface area contributed by atoms with Crippen molar-refractivity contribution >= 4 is 39.8 Å². The minimum atomic E-state index is -0.456. The van der Waals surface area contributed by atoms with Gasteiger partial charge in [0.15, 0.2) is 5.13 Å². The van der Waals surface area contributed by atoms with Crippen LogP contribution in [0, 0.1) is 10.1 Å². The number of hydrogen-bond donors (Lipinski definition) is 1. The molecular weight excluding hydrogens is 426 g/mol. The van der Waals surface area contributed by atoms with E-state index in [0.717, 1.165) is 10.5 Å². The lowest BCUT2D eigenvalue weighted by molar-refractivity contribution is -0.384. The highest BCUT2D eigenvalue weighted by Crippen LogP contribution is 2.35. The molecule has 3 aromatic rings. The molecule has 1 N–H and O–H groups in total. The predicted octanol–water partition coefficient (Wildman–Crippen LogP) is 4.85. The summed E-state index contributed by atoms with van der Waals surface area (Å²) in [5.74, 6) is 1.12. The number of nitro benzene ring substituents is 1. The average molecular weight is 446 g/mol. The molecule has 0 aliphatic heterocycles. The maximum Gasteiger partial charge on any atom is 0.269 e. The van der Waals surface area contributed by atoms with E-state index in [1.54, 1.807) is 45.4 Å². The first-order chi connectivity index (χ1) is 14.4. The van der Waals surface area contributed by atoms with Gasteiger partial charge in [-0.25, -0.2) is 4.98 Å². The summed E-state index contributed by atoms with van der Waals surface area (Å²) in [6.07, 6.45) is 0. The number of rotatable bonds is 8. The third-order valence-corrected chi connectivity index (χ3v) is 6.02. The fourth-order valence-corrected chi connectivity index (χ4v) is 4.16. The van der Waals surface area contributed by atoms with Crippen LogP contribution in [0.4, 0.5) is 10.8 Å². The lowest BCUT2D eigenvalue weighted by atomic mass is 10.1. The number of benzene rings is 2. The zero-order valence-corrected chi connectivity index (χ0v) is 18.1. The number of anilines is 1. The number of nitrogens with one attached hydrogen (secondary N) is 1. The van der Waals surface area contributed by atoms with Gasteiger partial charge in [0.1, 0.15) is 11.5 Å². The molecule has 2 aromatic carbocycles. The van der Waals surface area contributed by atoms with Crippen LogP contribution in [-0.2, 0) is 4.79 Å². The Morgan fingerprint density at radius 3 is 2.57 bits per heavy atom. The molecule has 10 heteroatoms. The second-order valence-corrected chi connectivity index (χ2v) is 8.38. The van der Waals surface area contributed by atoms with Crippen LogP contribution in [0.15, 0.2) is 52.7 Å². The highest BCUT2D eigenvalue weighted by molar-refractivity contribution is 8.00. The molecule has 8 nitrogen and oxygen atoms in total. The summed E-state index contributed by atoms with van der Waals surface area (Å²) in [4.78, 5) is 28.1. The quantitative estimate of drug-likeness (QED) is 0.300. The largest absolute Gasteiger partial charge is 0.497 e. The van der Waals surface area contributed by atoms with Crippen molar-refractivity contribution in [2.24, 2.45) is 0 Å².